The van der Waals surface area contributed by atoms with Crippen molar-refractivity contribution in [1.29, 1.82) is 0 Å². The van der Waals surface area contributed by atoms with Gasteiger partial charge in [0.25, 0.3) is 5.91 Å². The molecule has 0 bridgehead atoms. The van der Waals surface area contributed by atoms with Gasteiger partial charge in [-0.25, -0.2) is 4.79 Å². The highest BCUT2D eigenvalue weighted by atomic mass is 16.4. The number of amides is 2. The van der Waals surface area contributed by atoms with Crippen molar-refractivity contribution in [3.8, 4) is 0 Å². The first-order valence-corrected chi connectivity index (χ1v) is 5.97. The Hall–Kier alpha value is -2.37. The van der Waals surface area contributed by atoms with Crippen LogP contribution in [-0.4, -0.2) is 47.4 Å². The molecule has 1 heterocycles. The van der Waals surface area contributed by atoms with Crippen molar-refractivity contribution in [3.63, 3.8) is 0 Å². The fourth-order valence-corrected chi connectivity index (χ4v) is 1.92. The molecule has 19 heavy (non-hydrogen) atoms. The summed E-state index contributed by atoms with van der Waals surface area (Å²) in [6.07, 6.45) is 0.713. The molecule has 0 spiro atoms. The molecule has 1 aromatic carbocycles. The van der Waals surface area contributed by atoms with Crippen molar-refractivity contribution in [3.05, 3.63) is 35.4 Å². The topological polar surface area (TPSA) is 86.7 Å². The Bertz CT molecular complexity index is 510. The van der Waals surface area contributed by atoms with E-state index in [4.69, 9.17) is 5.11 Å². The molecule has 2 amide bonds. The number of carbonyl (C=O) groups excluding carboxylic acids is 2. The molecule has 0 unspecified atom stereocenters. The molecule has 0 radical (unpaired) electrons. The molecule has 2 rings (SSSR count). The third-order valence-electron chi connectivity index (χ3n) is 2.93. The van der Waals surface area contributed by atoms with Crippen LogP contribution in [0.3, 0.4) is 0 Å². The Morgan fingerprint density at radius 1 is 1.16 bits per heavy atom. The highest BCUT2D eigenvalue weighted by Crippen LogP contribution is 2.09. The Kier molecular flexibility index (Phi) is 3.79. The van der Waals surface area contributed by atoms with Crippen molar-refractivity contribution in [2.45, 2.75) is 6.42 Å². The first kappa shape index (κ1) is 13.1. The second-order valence-corrected chi connectivity index (χ2v) is 4.31. The van der Waals surface area contributed by atoms with Gasteiger partial charge in [0.2, 0.25) is 5.91 Å². The fourth-order valence-electron chi connectivity index (χ4n) is 1.92. The van der Waals surface area contributed by atoms with Gasteiger partial charge in [0.15, 0.2) is 0 Å². The van der Waals surface area contributed by atoms with Gasteiger partial charge in [-0.2, -0.15) is 0 Å². The number of carboxylic acid groups (broad SMARTS) is 1. The maximum atomic E-state index is 12.2. The van der Waals surface area contributed by atoms with Gasteiger partial charge in [0.1, 0.15) is 0 Å². The second-order valence-electron chi connectivity index (χ2n) is 4.31. The molecule has 2 N–H and O–H groups in total. The lowest BCUT2D eigenvalue weighted by Crippen LogP contribution is -2.37. The van der Waals surface area contributed by atoms with Crippen molar-refractivity contribution in [2.75, 3.05) is 19.6 Å². The first-order chi connectivity index (χ1) is 9.08. The minimum atomic E-state index is -1.03. The van der Waals surface area contributed by atoms with Gasteiger partial charge in [-0.3, -0.25) is 9.59 Å². The summed E-state index contributed by atoms with van der Waals surface area (Å²) in [4.78, 5) is 35.8. The summed E-state index contributed by atoms with van der Waals surface area (Å²) in [5.41, 5.74) is 0.518. The van der Waals surface area contributed by atoms with Gasteiger partial charge in [-0.05, 0) is 30.7 Å². The van der Waals surface area contributed by atoms with E-state index in [1.165, 1.54) is 29.2 Å². The van der Waals surface area contributed by atoms with Crippen LogP contribution in [0.4, 0.5) is 0 Å². The number of carbonyl (C=O) groups is 3. The summed E-state index contributed by atoms with van der Waals surface area (Å²) in [7, 11) is 0. The van der Waals surface area contributed by atoms with Gasteiger partial charge >= 0.3 is 5.97 Å². The number of hydrogen-bond donors (Lipinski definition) is 2. The zero-order valence-electron chi connectivity index (χ0n) is 10.3. The molecule has 0 aromatic heterocycles. The van der Waals surface area contributed by atoms with Crippen LogP contribution in [0, 0.1) is 0 Å². The summed E-state index contributed by atoms with van der Waals surface area (Å²) in [5.74, 6) is -1.46. The normalized spacial score (nSPS) is 15.6. The van der Waals surface area contributed by atoms with E-state index in [0.717, 1.165) is 0 Å². The van der Waals surface area contributed by atoms with Crippen LogP contribution in [0.2, 0.25) is 0 Å². The molecule has 1 saturated heterocycles. The smallest absolute Gasteiger partial charge is 0.335 e. The number of benzene rings is 1. The number of nitrogens with one attached hydrogen (secondary N) is 1. The predicted octanol–water partition coefficient (Wildman–Crippen LogP) is 0.347. The minimum absolute atomic E-state index is 0.0412. The summed E-state index contributed by atoms with van der Waals surface area (Å²) < 4.78 is 0. The highest BCUT2D eigenvalue weighted by molar-refractivity contribution is 5.97. The molecular formula is C13H14N2O4. The monoisotopic (exact) mass is 262 g/mol. The van der Waals surface area contributed by atoms with E-state index in [1.54, 1.807) is 0 Å². The van der Waals surface area contributed by atoms with E-state index >= 15 is 0 Å². The van der Waals surface area contributed by atoms with Crippen molar-refractivity contribution < 1.29 is 19.5 Å². The number of carboxylic acids is 1. The highest BCUT2D eigenvalue weighted by Gasteiger charge is 2.20. The SMILES string of the molecule is O=C1CN(C(=O)c2ccc(C(=O)O)cc2)CCCN1. The molecule has 1 aliphatic heterocycles. The molecule has 6 heteroatoms. The zero-order chi connectivity index (χ0) is 13.8. The maximum Gasteiger partial charge on any atom is 0.335 e. The number of hydrogen-bond acceptors (Lipinski definition) is 3. The Morgan fingerprint density at radius 2 is 1.79 bits per heavy atom. The molecule has 1 aliphatic rings. The van der Waals surface area contributed by atoms with E-state index < -0.39 is 5.97 Å². The van der Waals surface area contributed by atoms with Crippen LogP contribution in [0.1, 0.15) is 27.1 Å². The number of rotatable bonds is 2. The Morgan fingerprint density at radius 3 is 2.42 bits per heavy atom. The van der Waals surface area contributed by atoms with Crippen molar-refractivity contribution >= 4 is 17.8 Å². The summed E-state index contributed by atoms with van der Waals surface area (Å²) in [6.45, 7) is 1.12. The number of nitrogens with zero attached hydrogens (tertiary/aromatic N) is 1. The van der Waals surface area contributed by atoms with Crippen LogP contribution >= 0.6 is 0 Å². The lowest BCUT2D eigenvalue weighted by atomic mass is 10.1. The maximum absolute atomic E-state index is 12.2. The van der Waals surface area contributed by atoms with Crippen molar-refractivity contribution in [2.24, 2.45) is 0 Å². The van der Waals surface area contributed by atoms with Crippen LogP contribution in [0.25, 0.3) is 0 Å². The molecule has 0 aliphatic carbocycles. The Labute approximate surface area is 110 Å². The zero-order valence-corrected chi connectivity index (χ0v) is 10.3. The predicted molar refractivity (Wildman–Crippen MR) is 66.9 cm³/mol. The molecule has 6 nitrogen and oxygen atoms in total. The van der Waals surface area contributed by atoms with Gasteiger partial charge < -0.3 is 15.3 Å². The third-order valence-corrected chi connectivity index (χ3v) is 2.93. The van der Waals surface area contributed by atoms with E-state index in [2.05, 4.69) is 5.32 Å². The number of aromatic carboxylic acids is 1. The van der Waals surface area contributed by atoms with Crippen LogP contribution in [0.5, 0.6) is 0 Å². The molecule has 1 fully saturated rings. The van der Waals surface area contributed by atoms with E-state index in [0.29, 0.717) is 25.1 Å². The first-order valence-electron chi connectivity index (χ1n) is 5.97. The average molecular weight is 262 g/mol. The van der Waals surface area contributed by atoms with Gasteiger partial charge in [0.05, 0.1) is 12.1 Å². The second kappa shape index (κ2) is 5.51. The van der Waals surface area contributed by atoms with Gasteiger partial charge in [-0.1, -0.05) is 0 Å². The van der Waals surface area contributed by atoms with E-state index in [9.17, 15) is 14.4 Å². The average Bonchev–Trinajstić information content (AvgIpc) is 2.62. The minimum Gasteiger partial charge on any atom is -0.478 e. The Balaban J connectivity index is 2.14. The van der Waals surface area contributed by atoms with Crippen molar-refractivity contribution in [1.82, 2.24) is 10.2 Å². The molecule has 0 atom stereocenters. The lowest BCUT2D eigenvalue weighted by Gasteiger charge is -2.18. The van der Waals surface area contributed by atoms with Gasteiger partial charge in [0, 0.05) is 18.7 Å². The van der Waals surface area contributed by atoms with Gasteiger partial charge in [-0.15, -0.1) is 0 Å². The van der Waals surface area contributed by atoms with E-state index in [1.807, 2.05) is 0 Å². The fraction of sp³-hybridized carbons (Fsp3) is 0.308. The van der Waals surface area contributed by atoms with Crippen LogP contribution in [-0.2, 0) is 4.79 Å². The molecular weight excluding hydrogens is 248 g/mol. The summed E-state index contributed by atoms with van der Waals surface area (Å²) >= 11 is 0. The summed E-state index contributed by atoms with van der Waals surface area (Å²) in [5, 5.41) is 11.5. The largest absolute Gasteiger partial charge is 0.478 e. The third kappa shape index (κ3) is 3.09. The molecule has 1 aromatic rings. The lowest BCUT2D eigenvalue weighted by molar-refractivity contribution is -0.121. The summed E-state index contributed by atoms with van der Waals surface area (Å²) in [6, 6.07) is 5.70. The molecule has 100 valence electrons. The van der Waals surface area contributed by atoms with E-state index in [-0.39, 0.29) is 23.9 Å². The van der Waals surface area contributed by atoms with Crippen LogP contribution in [0.15, 0.2) is 24.3 Å². The quantitative estimate of drug-likeness (QED) is 0.805. The standard InChI is InChI=1S/C13H14N2O4/c16-11-8-15(7-1-6-14-11)12(17)9-2-4-10(5-3-9)13(18)19/h2-5H,1,6-8H2,(H,14,16)(H,18,19). The van der Waals surface area contributed by atoms with Crippen LogP contribution < -0.4 is 5.32 Å². The molecule has 0 saturated carbocycles.